The van der Waals surface area contributed by atoms with Crippen molar-refractivity contribution in [2.75, 3.05) is 13.1 Å². The van der Waals surface area contributed by atoms with Crippen LogP contribution in [0, 0.1) is 0 Å². The summed E-state index contributed by atoms with van der Waals surface area (Å²) in [5.74, 6) is 0.151. The second-order valence-corrected chi connectivity index (χ2v) is 5.69. The first-order valence-electron chi connectivity index (χ1n) is 7.86. The average Bonchev–Trinajstić information content (AvgIpc) is 2.47. The van der Waals surface area contributed by atoms with Gasteiger partial charge in [0.05, 0.1) is 6.42 Å². The lowest BCUT2D eigenvalue weighted by Gasteiger charge is -2.23. The van der Waals surface area contributed by atoms with Crippen LogP contribution in [-0.4, -0.2) is 25.0 Å². The van der Waals surface area contributed by atoms with Crippen LogP contribution in [0.4, 0.5) is 0 Å². The molecule has 1 saturated heterocycles. The molecule has 1 aromatic rings. The number of nitrogens with one attached hydrogen (secondary N) is 2. The topological polar surface area (TPSA) is 41.1 Å². The Labute approximate surface area is 134 Å². The van der Waals surface area contributed by atoms with Crippen molar-refractivity contribution in [3.63, 3.8) is 0 Å². The van der Waals surface area contributed by atoms with E-state index in [1.165, 1.54) is 18.4 Å². The third-order valence-electron chi connectivity index (χ3n) is 3.91. The Balaban J connectivity index is 0.00000220. The van der Waals surface area contributed by atoms with E-state index >= 15 is 0 Å². The number of piperidine rings is 1. The van der Waals surface area contributed by atoms with E-state index in [2.05, 4.69) is 41.8 Å². The Kier molecular flexibility index (Phi) is 8.40. The molecule has 21 heavy (non-hydrogen) atoms. The molecule has 0 bridgehead atoms. The van der Waals surface area contributed by atoms with Gasteiger partial charge in [-0.15, -0.1) is 12.4 Å². The van der Waals surface area contributed by atoms with Gasteiger partial charge in [-0.25, -0.2) is 0 Å². The van der Waals surface area contributed by atoms with E-state index in [0.717, 1.165) is 37.9 Å². The zero-order chi connectivity index (χ0) is 14.2. The normalized spacial score (nSPS) is 15.3. The maximum atomic E-state index is 12.0. The van der Waals surface area contributed by atoms with E-state index in [1.54, 1.807) is 0 Å². The summed E-state index contributed by atoms with van der Waals surface area (Å²) in [7, 11) is 0. The zero-order valence-electron chi connectivity index (χ0n) is 12.9. The summed E-state index contributed by atoms with van der Waals surface area (Å²) in [6.07, 6.45) is 6.18. The summed E-state index contributed by atoms with van der Waals surface area (Å²) in [5, 5.41) is 6.45. The van der Waals surface area contributed by atoms with Gasteiger partial charge in [0, 0.05) is 6.04 Å². The molecule has 0 aliphatic carbocycles. The Hall–Kier alpha value is -1.06. The van der Waals surface area contributed by atoms with Crippen molar-refractivity contribution in [3.8, 4) is 0 Å². The second kappa shape index (κ2) is 9.80. The minimum atomic E-state index is 0. The van der Waals surface area contributed by atoms with Crippen LogP contribution in [0.2, 0.25) is 0 Å². The van der Waals surface area contributed by atoms with Crippen molar-refractivity contribution >= 4 is 18.3 Å². The molecule has 0 atom stereocenters. The third-order valence-corrected chi connectivity index (χ3v) is 3.91. The molecule has 1 aliphatic rings. The molecule has 0 saturated carbocycles. The quantitative estimate of drug-likeness (QED) is 0.848. The average molecular weight is 311 g/mol. The first-order chi connectivity index (χ1) is 9.78. The van der Waals surface area contributed by atoms with Gasteiger partial charge in [-0.1, -0.05) is 37.6 Å². The Bertz CT molecular complexity index is 413. The second-order valence-electron chi connectivity index (χ2n) is 5.69. The molecule has 1 heterocycles. The van der Waals surface area contributed by atoms with Crippen LogP contribution in [0.15, 0.2) is 24.3 Å². The van der Waals surface area contributed by atoms with Crippen LogP contribution >= 0.6 is 12.4 Å². The molecular weight excluding hydrogens is 284 g/mol. The Morgan fingerprint density at radius 2 is 1.81 bits per heavy atom. The van der Waals surface area contributed by atoms with E-state index < -0.39 is 0 Å². The number of benzene rings is 1. The number of hydrogen-bond acceptors (Lipinski definition) is 2. The standard InChI is InChI=1S/C17H26N2O.ClH/c1-2-3-4-14-5-7-15(8-6-14)13-17(20)19-16-9-11-18-12-10-16;/h5-8,16,18H,2-4,9-13H2,1H3,(H,19,20);1H. The maximum Gasteiger partial charge on any atom is 0.224 e. The molecule has 1 amide bonds. The maximum absolute atomic E-state index is 12.0. The number of carbonyl (C=O) groups is 1. The van der Waals surface area contributed by atoms with Crippen molar-refractivity contribution in [3.05, 3.63) is 35.4 Å². The molecule has 0 spiro atoms. The van der Waals surface area contributed by atoms with E-state index in [4.69, 9.17) is 0 Å². The highest BCUT2D eigenvalue weighted by Gasteiger charge is 2.15. The third kappa shape index (κ3) is 6.49. The first kappa shape index (κ1) is 18.0. The summed E-state index contributed by atoms with van der Waals surface area (Å²) >= 11 is 0. The van der Waals surface area contributed by atoms with Crippen molar-refractivity contribution < 1.29 is 4.79 Å². The predicted molar refractivity (Wildman–Crippen MR) is 90.0 cm³/mol. The molecule has 0 aromatic heterocycles. The Morgan fingerprint density at radius 3 is 2.43 bits per heavy atom. The minimum absolute atomic E-state index is 0. The van der Waals surface area contributed by atoms with Gasteiger partial charge in [-0.05, 0) is 49.9 Å². The number of unbranched alkanes of at least 4 members (excludes halogenated alkanes) is 1. The molecule has 1 aromatic carbocycles. The van der Waals surface area contributed by atoms with Gasteiger partial charge in [-0.2, -0.15) is 0 Å². The molecule has 0 radical (unpaired) electrons. The lowest BCUT2D eigenvalue weighted by molar-refractivity contribution is -0.121. The van der Waals surface area contributed by atoms with Gasteiger partial charge < -0.3 is 10.6 Å². The summed E-state index contributed by atoms with van der Waals surface area (Å²) in [6, 6.07) is 8.85. The summed E-state index contributed by atoms with van der Waals surface area (Å²) in [6.45, 7) is 4.23. The van der Waals surface area contributed by atoms with Crippen LogP contribution in [0.1, 0.15) is 43.7 Å². The molecule has 1 fully saturated rings. The van der Waals surface area contributed by atoms with Crippen molar-refractivity contribution in [2.45, 2.75) is 51.5 Å². The van der Waals surface area contributed by atoms with Crippen LogP contribution in [0.25, 0.3) is 0 Å². The highest BCUT2D eigenvalue weighted by atomic mass is 35.5. The largest absolute Gasteiger partial charge is 0.353 e. The van der Waals surface area contributed by atoms with Crippen LogP contribution in [0.3, 0.4) is 0 Å². The van der Waals surface area contributed by atoms with Gasteiger partial charge in [0.15, 0.2) is 0 Å². The Morgan fingerprint density at radius 1 is 1.19 bits per heavy atom. The minimum Gasteiger partial charge on any atom is -0.353 e. The van der Waals surface area contributed by atoms with E-state index in [1.807, 2.05) is 0 Å². The summed E-state index contributed by atoms with van der Waals surface area (Å²) in [4.78, 5) is 12.0. The number of hydrogen-bond donors (Lipinski definition) is 2. The van der Waals surface area contributed by atoms with Crippen molar-refractivity contribution in [2.24, 2.45) is 0 Å². The first-order valence-corrected chi connectivity index (χ1v) is 7.86. The van der Waals surface area contributed by atoms with E-state index in [0.29, 0.717) is 12.5 Å². The van der Waals surface area contributed by atoms with Gasteiger partial charge in [0.2, 0.25) is 5.91 Å². The van der Waals surface area contributed by atoms with Crippen LogP contribution in [-0.2, 0) is 17.6 Å². The number of carbonyl (C=O) groups excluding carboxylic acids is 1. The molecule has 2 rings (SSSR count). The lowest BCUT2D eigenvalue weighted by Crippen LogP contribution is -2.43. The highest BCUT2D eigenvalue weighted by Crippen LogP contribution is 2.09. The molecule has 4 heteroatoms. The molecule has 1 aliphatic heterocycles. The summed E-state index contributed by atoms with van der Waals surface area (Å²) < 4.78 is 0. The molecule has 118 valence electrons. The van der Waals surface area contributed by atoms with E-state index in [9.17, 15) is 4.79 Å². The van der Waals surface area contributed by atoms with Crippen molar-refractivity contribution in [1.82, 2.24) is 10.6 Å². The predicted octanol–water partition coefficient (Wildman–Crippen LogP) is 2.86. The van der Waals surface area contributed by atoms with Gasteiger partial charge >= 0.3 is 0 Å². The smallest absolute Gasteiger partial charge is 0.224 e. The fourth-order valence-corrected chi connectivity index (χ4v) is 2.64. The number of halogens is 1. The van der Waals surface area contributed by atoms with Gasteiger partial charge in [0.25, 0.3) is 0 Å². The summed E-state index contributed by atoms with van der Waals surface area (Å²) in [5.41, 5.74) is 2.48. The van der Waals surface area contributed by atoms with Gasteiger partial charge in [-0.3, -0.25) is 4.79 Å². The molecule has 2 N–H and O–H groups in total. The number of rotatable bonds is 6. The monoisotopic (exact) mass is 310 g/mol. The molecule has 3 nitrogen and oxygen atoms in total. The molecular formula is C17H27ClN2O. The van der Waals surface area contributed by atoms with Gasteiger partial charge in [0.1, 0.15) is 0 Å². The molecule has 0 unspecified atom stereocenters. The van der Waals surface area contributed by atoms with Crippen LogP contribution < -0.4 is 10.6 Å². The zero-order valence-corrected chi connectivity index (χ0v) is 13.7. The number of amides is 1. The SMILES string of the molecule is CCCCc1ccc(CC(=O)NC2CCNCC2)cc1.Cl. The lowest BCUT2D eigenvalue weighted by atomic mass is 10.0. The van der Waals surface area contributed by atoms with Crippen molar-refractivity contribution in [1.29, 1.82) is 0 Å². The highest BCUT2D eigenvalue weighted by molar-refractivity contribution is 5.85. The van der Waals surface area contributed by atoms with E-state index in [-0.39, 0.29) is 18.3 Å². The fraction of sp³-hybridized carbons (Fsp3) is 0.588. The number of aryl methyl sites for hydroxylation is 1. The van der Waals surface area contributed by atoms with Crippen LogP contribution in [0.5, 0.6) is 0 Å². The fourth-order valence-electron chi connectivity index (χ4n) is 2.64.